The van der Waals surface area contributed by atoms with Crippen LogP contribution < -0.4 is 0 Å². The van der Waals surface area contributed by atoms with E-state index in [-0.39, 0.29) is 12.2 Å². The summed E-state index contributed by atoms with van der Waals surface area (Å²) in [6.45, 7) is 1.96. The molecule has 2 heterocycles. The van der Waals surface area contributed by atoms with E-state index in [1.165, 1.54) is 17.7 Å². The number of aromatic amines is 1. The molecular weight excluding hydrogens is 354 g/mol. The number of nitrogens with zero attached hydrogens (tertiary/aromatic N) is 2. The van der Waals surface area contributed by atoms with Crippen molar-refractivity contribution >= 4 is 17.0 Å². The fraction of sp³-hybridized carbons (Fsp3) is 0.136. The lowest BCUT2D eigenvalue weighted by atomic mass is 10.0. The largest absolute Gasteiger partial charge is 0.478 e. The molecule has 6 heteroatoms. The molecule has 0 saturated heterocycles. The summed E-state index contributed by atoms with van der Waals surface area (Å²) in [6, 6.07) is 16.5. The highest BCUT2D eigenvalue weighted by molar-refractivity contribution is 5.95. The first kappa shape index (κ1) is 17.9. The van der Waals surface area contributed by atoms with E-state index in [0.717, 1.165) is 28.6 Å². The lowest BCUT2D eigenvalue weighted by Crippen LogP contribution is -1.96. The number of pyridine rings is 1. The van der Waals surface area contributed by atoms with Crippen molar-refractivity contribution in [3.05, 3.63) is 71.3 Å². The maximum absolute atomic E-state index is 11.0. The number of aryl methyl sites for hydroxylation is 1. The van der Waals surface area contributed by atoms with E-state index in [2.05, 4.69) is 34.2 Å². The van der Waals surface area contributed by atoms with Crippen molar-refractivity contribution in [2.24, 2.45) is 0 Å². The molecule has 28 heavy (non-hydrogen) atoms. The van der Waals surface area contributed by atoms with E-state index < -0.39 is 5.97 Å². The van der Waals surface area contributed by atoms with Crippen LogP contribution in [0.1, 0.15) is 28.4 Å². The second kappa shape index (κ2) is 7.25. The van der Waals surface area contributed by atoms with Gasteiger partial charge in [0.25, 0.3) is 0 Å². The molecule has 4 aromatic rings. The van der Waals surface area contributed by atoms with Crippen LogP contribution in [-0.2, 0) is 13.0 Å². The van der Waals surface area contributed by atoms with Gasteiger partial charge in [-0.3, -0.25) is 5.10 Å². The molecule has 0 aliphatic rings. The average Bonchev–Trinajstić information content (AvgIpc) is 3.17. The molecule has 0 aliphatic carbocycles. The van der Waals surface area contributed by atoms with Gasteiger partial charge < -0.3 is 10.2 Å². The van der Waals surface area contributed by atoms with Crippen molar-refractivity contribution in [3.63, 3.8) is 0 Å². The van der Waals surface area contributed by atoms with E-state index in [1.807, 2.05) is 18.2 Å². The number of carbonyl (C=O) groups is 1. The number of aromatic carboxylic acids is 1. The number of aliphatic hydroxyl groups excluding tert-OH is 1. The summed E-state index contributed by atoms with van der Waals surface area (Å²) < 4.78 is 0. The van der Waals surface area contributed by atoms with Crippen LogP contribution >= 0.6 is 0 Å². The standard InChI is InChI=1S/C22H19N3O3/c1-2-13-3-5-15(6-4-13)20-19-17(12-26)11-18(23-21(19)25-24-20)14-7-9-16(10-8-14)22(27)28/h3-11,26H,2,12H2,1H3,(H,27,28)(H,23,24,25). The molecule has 0 atom stereocenters. The van der Waals surface area contributed by atoms with Gasteiger partial charge in [-0.1, -0.05) is 43.3 Å². The number of benzene rings is 2. The van der Waals surface area contributed by atoms with Crippen molar-refractivity contribution in [3.8, 4) is 22.5 Å². The minimum Gasteiger partial charge on any atom is -0.478 e. The van der Waals surface area contributed by atoms with Gasteiger partial charge in [-0.05, 0) is 35.7 Å². The first-order valence-corrected chi connectivity index (χ1v) is 9.02. The Labute approximate surface area is 161 Å². The first-order chi connectivity index (χ1) is 13.6. The van der Waals surface area contributed by atoms with Crippen LogP contribution in [-0.4, -0.2) is 31.4 Å². The molecule has 4 rings (SSSR count). The Balaban J connectivity index is 1.81. The second-order valence-corrected chi connectivity index (χ2v) is 6.55. The summed E-state index contributed by atoms with van der Waals surface area (Å²) in [5.74, 6) is -0.975. The Morgan fingerprint density at radius 2 is 1.71 bits per heavy atom. The lowest BCUT2D eigenvalue weighted by molar-refractivity contribution is 0.0697. The van der Waals surface area contributed by atoms with Gasteiger partial charge in [0.2, 0.25) is 0 Å². The maximum Gasteiger partial charge on any atom is 0.335 e. The zero-order valence-electron chi connectivity index (χ0n) is 15.3. The molecule has 0 fully saturated rings. The molecule has 140 valence electrons. The van der Waals surface area contributed by atoms with E-state index in [4.69, 9.17) is 5.11 Å². The van der Waals surface area contributed by atoms with Gasteiger partial charge >= 0.3 is 5.97 Å². The predicted octanol–water partition coefficient (Wildman–Crippen LogP) is 4.04. The van der Waals surface area contributed by atoms with E-state index in [0.29, 0.717) is 16.9 Å². The molecule has 0 bridgehead atoms. The number of rotatable bonds is 5. The Morgan fingerprint density at radius 3 is 2.32 bits per heavy atom. The van der Waals surface area contributed by atoms with Crippen LogP contribution in [0, 0.1) is 0 Å². The summed E-state index contributed by atoms with van der Waals surface area (Å²) in [4.78, 5) is 15.6. The third kappa shape index (κ3) is 3.14. The highest BCUT2D eigenvalue weighted by atomic mass is 16.4. The number of aromatic nitrogens is 3. The van der Waals surface area contributed by atoms with Crippen LogP contribution in [0.5, 0.6) is 0 Å². The van der Waals surface area contributed by atoms with Gasteiger partial charge in [0, 0.05) is 11.1 Å². The van der Waals surface area contributed by atoms with Crippen molar-refractivity contribution in [1.82, 2.24) is 15.2 Å². The number of hydrogen-bond acceptors (Lipinski definition) is 4. The summed E-state index contributed by atoms with van der Waals surface area (Å²) in [7, 11) is 0. The fourth-order valence-corrected chi connectivity index (χ4v) is 3.27. The van der Waals surface area contributed by atoms with Gasteiger partial charge in [-0.25, -0.2) is 9.78 Å². The van der Waals surface area contributed by atoms with Crippen LogP contribution in [0.4, 0.5) is 0 Å². The van der Waals surface area contributed by atoms with Gasteiger partial charge in [0.1, 0.15) is 0 Å². The van der Waals surface area contributed by atoms with Gasteiger partial charge in [0.05, 0.1) is 28.9 Å². The molecule has 6 nitrogen and oxygen atoms in total. The molecule has 2 aromatic carbocycles. The van der Waals surface area contributed by atoms with Crippen LogP contribution in [0.25, 0.3) is 33.5 Å². The van der Waals surface area contributed by atoms with Crippen molar-refractivity contribution in [1.29, 1.82) is 0 Å². The van der Waals surface area contributed by atoms with Crippen molar-refractivity contribution < 1.29 is 15.0 Å². The molecule has 0 radical (unpaired) electrons. The summed E-state index contributed by atoms with van der Waals surface area (Å²) >= 11 is 0. The molecule has 0 aliphatic heterocycles. The minimum atomic E-state index is -0.975. The summed E-state index contributed by atoms with van der Waals surface area (Å²) in [5, 5.41) is 27.2. The third-order valence-corrected chi connectivity index (χ3v) is 4.85. The van der Waals surface area contributed by atoms with Crippen molar-refractivity contribution in [2.45, 2.75) is 20.0 Å². The zero-order valence-corrected chi connectivity index (χ0v) is 15.3. The summed E-state index contributed by atoms with van der Waals surface area (Å²) in [6.07, 6.45) is 0.970. The van der Waals surface area contributed by atoms with Crippen molar-refractivity contribution in [2.75, 3.05) is 0 Å². The molecule has 0 spiro atoms. The van der Waals surface area contributed by atoms with Crippen LogP contribution in [0.3, 0.4) is 0 Å². The number of H-pyrrole nitrogens is 1. The van der Waals surface area contributed by atoms with Crippen LogP contribution in [0.2, 0.25) is 0 Å². The van der Waals surface area contributed by atoms with Crippen LogP contribution in [0.15, 0.2) is 54.6 Å². The highest BCUT2D eigenvalue weighted by Gasteiger charge is 2.15. The smallest absolute Gasteiger partial charge is 0.335 e. The van der Waals surface area contributed by atoms with E-state index >= 15 is 0 Å². The quantitative estimate of drug-likeness (QED) is 0.490. The SMILES string of the molecule is CCc1ccc(-c2[nH]nc3nc(-c4ccc(C(=O)O)cc4)cc(CO)c23)cc1. The monoisotopic (exact) mass is 373 g/mol. The van der Waals surface area contributed by atoms with Gasteiger partial charge in [-0.15, -0.1) is 0 Å². The highest BCUT2D eigenvalue weighted by Crippen LogP contribution is 2.31. The number of nitrogens with one attached hydrogen (secondary N) is 1. The summed E-state index contributed by atoms with van der Waals surface area (Å²) in [5.41, 5.74) is 5.89. The normalized spacial score (nSPS) is 11.1. The first-order valence-electron chi connectivity index (χ1n) is 9.02. The molecule has 0 unspecified atom stereocenters. The van der Waals surface area contributed by atoms with Gasteiger partial charge in [0.15, 0.2) is 5.65 Å². The number of carboxylic acids is 1. The number of hydrogen-bond donors (Lipinski definition) is 3. The zero-order chi connectivity index (χ0) is 19.7. The van der Waals surface area contributed by atoms with E-state index in [1.54, 1.807) is 12.1 Å². The average molecular weight is 373 g/mol. The Bertz CT molecular complexity index is 1150. The van der Waals surface area contributed by atoms with E-state index in [9.17, 15) is 9.90 Å². The molecule has 0 amide bonds. The molecule has 3 N–H and O–H groups in total. The third-order valence-electron chi connectivity index (χ3n) is 4.85. The number of carboxylic acid groups (broad SMARTS) is 1. The maximum atomic E-state index is 11.0. The fourth-order valence-electron chi connectivity index (χ4n) is 3.27. The Morgan fingerprint density at radius 1 is 1.04 bits per heavy atom. The molecule has 2 aromatic heterocycles. The topological polar surface area (TPSA) is 99.1 Å². The minimum absolute atomic E-state index is 0.154. The second-order valence-electron chi connectivity index (χ2n) is 6.55. The molecule has 0 saturated carbocycles. The predicted molar refractivity (Wildman–Crippen MR) is 107 cm³/mol. The number of aliphatic hydroxyl groups is 1. The number of fused-ring (bicyclic) bond motifs is 1. The molecular formula is C22H19N3O3. The lowest BCUT2D eigenvalue weighted by Gasteiger charge is -2.07. The van der Waals surface area contributed by atoms with Gasteiger partial charge in [-0.2, -0.15) is 5.10 Å². The Kier molecular flexibility index (Phi) is 4.63. The Hall–Kier alpha value is -3.51.